The molecular weight excluding hydrogens is 438 g/mol. The predicted octanol–water partition coefficient (Wildman–Crippen LogP) is 4.21. The number of hydrogen-bond acceptors (Lipinski definition) is 5. The lowest BCUT2D eigenvalue weighted by molar-refractivity contribution is -0.738. The number of primary amides is 1. The largest absolute Gasteiger partial charge is 0.382 e. The first-order valence-electron chi connectivity index (χ1n) is 11.1. The standard InChI is InChI=1S/C25H24ClN5O2/c1-15-9-11-31(23(12-15)29-14-20(24(27)32)25(31)33)18-5-3-17(4-6-18)30-21-8-10-28-22-13-16(26)2-7-19(21)22/h2,7-14,17-18H,3-6H2,1H3,(H2-,27,28,30,32)/p+1. The van der Waals surface area contributed by atoms with Gasteiger partial charge in [-0.15, -0.1) is 0 Å². The average Bonchev–Trinajstić information content (AvgIpc) is 2.79. The number of carbonyl (C=O) groups is 2. The van der Waals surface area contributed by atoms with Gasteiger partial charge in [0.15, 0.2) is 5.57 Å². The second-order valence-corrected chi connectivity index (χ2v) is 9.29. The number of aliphatic imine (C=N–C) groups is 1. The first-order valence-corrected chi connectivity index (χ1v) is 11.5. The van der Waals surface area contributed by atoms with Crippen LogP contribution in [0, 0.1) is 0 Å². The molecule has 0 spiro atoms. The molecule has 8 heteroatoms. The van der Waals surface area contributed by atoms with Crippen LogP contribution >= 0.6 is 11.6 Å². The van der Waals surface area contributed by atoms with Crippen molar-refractivity contribution in [1.29, 1.82) is 0 Å². The van der Waals surface area contributed by atoms with Gasteiger partial charge in [-0.1, -0.05) is 11.6 Å². The van der Waals surface area contributed by atoms with E-state index in [4.69, 9.17) is 17.3 Å². The van der Waals surface area contributed by atoms with E-state index >= 15 is 0 Å². The molecule has 1 aromatic carbocycles. The van der Waals surface area contributed by atoms with Crippen molar-refractivity contribution in [2.45, 2.75) is 44.7 Å². The summed E-state index contributed by atoms with van der Waals surface area (Å²) in [6.45, 7) is 1.97. The van der Waals surface area contributed by atoms with Crippen LogP contribution in [0.2, 0.25) is 5.02 Å². The molecule has 1 fully saturated rings. The summed E-state index contributed by atoms with van der Waals surface area (Å²) in [5.74, 6) is -0.376. The number of allylic oxidation sites excluding steroid dienone is 2. The highest BCUT2D eigenvalue weighted by Crippen LogP contribution is 2.37. The molecule has 0 radical (unpaired) electrons. The van der Waals surface area contributed by atoms with Gasteiger partial charge in [0, 0.05) is 47.3 Å². The van der Waals surface area contributed by atoms with Gasteiger partial charge in [0.1, 0.15) is 12.2 Å². The lowest BCUT2D eigenvalue weighted by Crippen LogP contribution is -2.62. The number of halogens is 1. The quantitative estimate of drug-likeness (QED) is 0.525. The van der Waals surface area contributed by atoms with Crippen LogP contribution < -0.4 is 11.1 Å². The molecule has 33 heavy (non-hydrogen) atoms. The molecule has 0 bridgehead atoms. The van der Waals surface area contributed by atoms with Crippen LogP contribution in [0.15, 0.2) is 71.2 Å². The summed E-state index contributed by atoms with van der Waals surface area (Å²) in [5, 5.41) is 5.35. The summed E-state index contributed by atoms with van der Waals surface area (Å²) in [5.41, 5.74) is 8.34. The smallest absolute Gasteiger partial charge is 0.364 e. The van der Waals surface area contributed by atoms with Gasteiger partial charge in [-0.05, 0) is 55.7 Å². The molecule has 1 unspecified atom stereocenters. The Labute approximate surface area is 196 Å². The van der Waals surface area contributed by atoms with Crippen molar-refractivity contribution in [3.05, 3.63) is 71.2 Å². The number of quaternary nitrogens is 1. The molecule has 168 valence electrons. The van der Waals surface area contributed by atoms with E-state index < -0.39 is 5.91 Å². The Morgan fingerprint density at radius 3 is 2.76 bits per heavy atom. The number of benzene rings is 1. The normalized spacial score (nSPS) is 26.8. The summed E-state index contributed by atoms with van der Waals surface area (Å²) in [7, 11) is 0. The first-order chi connectivity index (χ1) is 15.9. The Hall–Kier alpha value is -3.29. The summed E-state index contributed by atoms with van der Waals surface area (Å²) < 4.78 is -0.0600. The Morgan fingerprint density at radius 1 is 1.21 bits per heavy atom. The van der Waals surface area contributed by atoms with Crippen molar-refractivity contribution in [2.75, 3.05) is 5.32 Å². The monoisotopic (exact) mass is 462 g/mol. The molecule has 5 rings (SSSR count). The second-order valence-electron chi connectivity index (χ2n) is 8.85. The minimum Gasteiger partial charge on any atom is -0.382 e. The maximum Gasteiger partial charge on any atom is 0.364 e. The molecule has 7 nitrogen and oxygen atoms in total. The van der Waals surface area contributed by atoms with Gasteiger partial charge in [0.05, 0.1) is 11.7 Å². The van der Waals surface area contributed by atoms with Crippen molar-refractivity contribution in [2.24, 2.45) is 10.7 Å². The van der Waals surface area contributed by atoms with Crippen LogP contribution in [0.4, 0.5) is 5.69 Å². The van der Waals surface area contributed by atoms with Gasteiger partial charge >= 0.3 is 5.91 Å². The Balaban J connectivity index is 1.37. The molecular formula is C25H25ClN5O2+. The lowest BCUT2D eigenvalue weighted by Gasteiger charge is -2.43. The molecule has 1 atom stereocenters. The number of nitrogens with two attached hydrogens (primary N) is 1. The van der Waals surface area contributed by atoms with Crippen LogP contribution in [-0.2, 0) is 9.59 Å². The first kappa shape index (κ1) is 21.6. The highest BCUT2D eigenvalue weighted by atomic mass is 35.5. The molecule has 3 aliphatic rings. The summed E-state index contributed by atoms with van der Waals surface area (Å²) in [6, 6.07) is 7.95. The number of aromatic nitrogens is 1. The van der Waals surface area contributed by atoms with Crippen LogP contribution in [0.3, 0.4) is 0 Å². The fraction of sp³-hybridized carbons (Fsp3) is 0.280. The van der Waals surface area contributed by atoms with Crippen molar-refractivity contribution in [3.8, 4) is 0 Å². The third-order valence-electron chi connectivity index (χ3n) is 6.80. The van der Waals surface area contributed by atoms with Crippen molar-refractivity contribution < 1.29 is 14.1 Å². The van der Waals surface area contributed by atoms with E-state index in [1.807, 2.05) is 49.5 Å². The molecule has 1 aromatic heterocycles. The summed E-state index contributed by atoms with van der Waals surface area (Å²) in [4.78, 5) is 34.3. The number of nitrogens with zero attached hydrogens (tertiary/aromatic N) is 3. The van der Waals surface area contributed by atoms with Gasteiger partial charge in [0.2, 0.25) is 5.84 Å². The third kappa shape index (κ3) is 3.67. The van der Waals surface area contributed by atoms with Crippen LogP contribution in [0.25, 0.3) is 10.9 Å². The van der Waals surface area contributed by atoms with Crippen molar-refractivity contribution in [1.82, 2.24) is 4.98 Å². The molecule has 1 aliphatic carbocycles. The van der Waals surface area contributed by atoms with Crippen molar-refractivity contribution in [3.63, 3.8) is 0 Å². The molecule has 2 amide bonds. The number of carbonyl (C=O) groups excluding carboxylic acids is 2. The fourth-order valence-electron chi connectivity index (χ4n) is 5.10. The zero-order chi connectivity index (χ0) is 23.2. The number of fused-ring (bicyclic) bond motifs is 2. The number of amides is 2. The third-order valence-corrected chi connectivity index (χ3v) is 7.04. The average molecular weight is 463 g/mol. The van der Waals surface area contributed by atoms with Gasteiger partial charge in [-0.3, -0.25) is 9.78 Å². The molecule has 3 heterocycles. The van der Waals surface area contributed by atoms with E-state index in [-0.39, 0.29) is 28.0 Å². The van der Waals surface area contributed by atoms with Gasteiger partial charge < -0.3 is 11.1 Å². The molecule has 0 saturated heterocycles. The maximum absolute atomic E-state index is 13.5. The zero-order valence-electron chi connectivity index (χ0n) is 18.3. The van der Waals surface area contributed by atoms with Crippen LogP contribution in [0.1, 0.15) is 32.6 Å². The van der Waals surface area contributed by atoms with E-state index in [0.29, 0.717) is 10.9 Å². The van der Waals surface area contributed by atoms with E-state index in [2.05, 4.69) is 15.3 Å². The number of rotatable bonds is 4. The fourth-order valence-corrected chi connectivity index (χ4v) is 5.26. The summed E-state index contributed by atoms with van der Waals surface area (Å²) >= 11 is 6.12. The molecule has 1 saturated carbocycles. The maximum atomic E-state index is 13.5. The highest BCUT2D eigenvalue weighted by Gasteiger charge is 2.52. The lowest BCUT2D eigenvalue weighted by atomic mass is 9.86. The topological polar surface area (TPSA) is 97.4 Å². The van der Waals surface area contributed by atoms with Gasteiger partial charge in [0.25, 0.3) is 5.91 Å². The number of nitrogens with one attached hydrogen (secondary N) is 1. The van der Waals surface area contributed by atoms with Crippen LogP contribution in [-0.4, -0.2) is 39.2 Å². The van der Waals surface area contributed by atoms with Crippen molar-refractivity contribution >= 4 is 45.8 Å². The minimum atomic E-state index is -0.736. The minimum absolute atomic E-state index is 0.00839. The van der Waals surface area contributed by atoms with Crippen LogP contribution in [0.5, 0.6) is 0 Å². The Bertz CT molecular complexity index is 1290. The number of amidine groups is 1. The van der Waals surface area contributed by atoms with E-state index in [1.165, 1.54) is 6.20 Å². The van der Waals surface area contributed by atoms with Gasteiger partial charge in [-0.25, -0.2) is 9.79 Å². The summed E-state index contributed by atoms with van der Waals surface area (Å²) in [6.07, 6.45) is 12.2. The Morgan fingerprint density at radius 2 is 2.00 bits per heavy atom. The highest BCUT2D eigenvalue weighted by molar-refractivity contribution is 6.31. The second kappa shape index (κ2) is 8.24. The molecule has 2 aliphatic heterocycles. The molecule has 2 aromatic rings. The van der Waals surface area contributed by atoms with E-state index in [9.17, 15) is 9.59 Å². The van der Waals surface area contributed by atoms with E-state index in [0.717, 1.165) is 47.8 Å². The SMILES string of the molecule is CC1=CC2=NC=C(C(N)=O)C(=O)[N+]2(C2CCC(Nc3ccnc4cc(Cl)ccc34)CC2)C=C1. The molecule has 3 N–H and O–H groups in total. The van der Waals surface area contributed by atoms with E-state index in [1.54, 1.807) is 6.20 Å². The van der Waals surface area contributed by atoms with Gasteiger partial charge in [-0.2, -0.15) is 4.48 Å². The number of anilines is 1. The number of pyridine rings is 1. The number of hydrogen-bond donors (Lipinski definition) is 2. The Kier molecular flexibility index (Phi) is 5.38. The zero-order valence-corrected chi connectivity index (χ0v) is 19.0. The predicted molar refractivity (Wildman–Crippen MR) is 129 cm³/mol.